The maximum Gasteiger partial charge on any atom is 0.131 e. The van der Waals surface area contributed by atoms with Crippen molar-refractivity contribution >= 4 is 27.3 Å². The van der Waals surface area contributed by atoms with Gasteiger partial charge >= 0.3 is 0 Å². The van der Waals surface area contributed by atoms with Crippen LogP contribution in [-0.2, 0) is 13.0 Å². The summed E-state index contributed by atoms with van der Waals surface area (Å²) >= 11 is 5.13. The smallest absolute Gasteiger partial charge is 0.131 e. The van der Waals surface area contributed by atoms with E-state index < -0.39 is 0 Å². The summed E-state index contributed by atoms with van der Waals surface area (Å²) in [6, 6.07) is 5.84. The quantitative estimate of drug-likeness (QED) is 0.892. The lowest BCUT2D eigenvalue weighted by Gasteiger charge is -2.13. The molecule has 0 aliphatic carbocycles. The molecule has 0 spiro atoms. The molecular weight excluding hydrogens is 324 g/mol. The summed E-state index contributed by atoms with van der Waals surface area (Å²) < 4.78 is 6.85. The number of nitrogens with two attached hydrogens (primary N) is 1. The molecule has 0 fully saturated rings. The van der Waals surface area contributed by atoms with Crippen molar-refractivity contribution in [2.45, 2.75) is 32.9 Å². The van der Waals surface area contributed by atoms with Gasteiger partial charge in [0.25, 0.3) is 0 Å². The Morgan fingerprint density at radius 2 is 2.26 bits per heavy atom. The Morgan fingerprint density at radius 3 is 2.89 bits per heavy atom. The Morgan fingerprint density at radius 1 is 1.47 bits per heavy atom. The van der Waals surface area contributed by atoms with Gasteiger partial charge in [-0.15, -0.1) is 11.3 Å². The van der Waals surface area contributed by atoms with E-state index in [0.29, 0.717) is 6.61 Å². The number of hydrogen-bond acceptors (Lipinski definition) is 4. The molecule has 1 atom stereocenters. The first-order valence-corrected chi connectivity index (χ1v) is 7.88. The highest BCUT2D eigenvalue weighted by atomic mass is 79.9. The predicted molar refractivity (Wildman–Crippen MR) is 82.6 cm³/mol. The molecule has 0 amide bonds. The van der Waals surface area contributed by atoms with Crippen molar-refractivity contribution in [3.05, 3.63) is 44.3 Å². The SMILES string of the molecule is CCc1nc(COc2ccc(Br)cc2[C@H](C)N)cs1. The van der Waals surface area contributed by atoms with Crippen LogP contribution < -0.4 is 10.5 Å². The topological polar surface area (TPSA) is 48.1 Å². The molecule has 0 aliphatic heterocycles. The third kappa shape index (κ3) is 3.78. The summed E-state index contributed by atoms with van der Waals surface area (Å²) in [7, 11) is 0. The summed E-state index contributed by atoms with van der Waals surface area (Å²) in [5.74, 6) is 0.823. The number of hydrogen-bond donors (Lipinski definition) is 1. The molecule has 3 nitrogen and oxygen atoms in total. The molecule has 2 N–H and O–H groups in total. The molecule has 1 aromatic heterocycles. The molecule has 0 saturated carbocycles. The van der Waals surface area contributed by atoms with Crippen molar-refractivity contribution < 1.29 is 4.74 Å². The third-order valence-electron chi connectivity index (χ3n) is 2.74. The first-order chi connectivity index (χ1) is 9.10. The van der Waals surface area contributed by atoms with Gasteiger partial charge in [0.1, 0.15) is 12.4 Å². The lowest BCUT2D eigenvalue weighted by Crippen LogP contribution is -2.08. The van der Waals surface area contributed by atoms with E-state index in [-0.39, 0.29) is 6.04 Å². The summed E-state index contributed by atoms with van der Waals surface area (Å²) in [5, 5.41) is 3.19. The van der Waals surface area contributed by atoms with E-state index in [0.717, 1.165) is 32.9 Å². The minimum absolute atomic E-state index is 0.0610. The highest BCUT2D eigenvalue weighted by Gasteiger charge is 2.10. The van der Waals surface area contributed by atoms with Gasteiger partial charge in [-0.05, 0) is 31.5 Å². The van der Waals surface area contributed by atoms with Gasteiger partial charge in [-0.1, -0.05) is 22.9 Å². The van der Waals surface area contributed by atoms with E-state index in [9.17, 15) is 0 Å². The van der Waals surface area contributed by atoms with Gasteiger partial charge in [0.05, 0.1) is 10.7 Å². The third-order valence-corrected chi connectivity index (χ3v) is 4.27. The Bertz CT molecular complexity index is 554. The average molecular weight is 341 g/mol. The van der Waals surface area contributed by atoms with E-state index in [2.05, 4.69) is 27.8 Å². The van der Waals surface area contributed by atoms with Crippen LogP contribution in [0.3, 0.4) is 0 Å². The molecule has 1 aromatic carbocycles. The number of nitrogens with zero attached hydrogens (tertiary/aromatic N) is 1. The van der Waals surface area contributed by atoms with Gasteiger partial charge in [0, 0.05) is 21.5 Å². The molecule has 0 unspecified atom stereocenters. The summed E-state index contributed by atoms with van der Waals surface area (Å²) in [6.07, 6.45) is 0.966. The zero-order valence-electron chi connectivity index (χ0n) is 11.0. The van der Waals surface area contributed by atoms with Crippen LogP contribution in [0.25, 0.3) is 0 Å². The monoisotopic (exact) mass is 340 g/mol. The number of halogens is 1. The molecule has 2 aromatic rings. The molecule has 2 rings (SSSR count). The van der Waals surface area contributed by atoms with Crippen molar-refractivity contribution in [2.24, 2.45) is 5.73 Å². The molecular formula is C14H17BrN2OS. The highest BCUT2D eigenvalue weighted by Crippen LogP contribution is 2.28. The van der Waals surface area contributed by atoms with Crippen molar-refractivity contribution in [3.8, 4) is 5.75 Å². The van der Waals surface area contributed by atoms with E-state index in [1.165, 1.54) is 0 Å². The molecule has 1 heterocycles. The maximum absolute atomic E-state index is 5.96. The van der Waals surface area contributed by atoms with Crippen LogP contribution >= 0.6 is 27.3 Å². The standard InChI is InChI=1S/C14H17BrN2OS/c1-3-14-17-11(8-19-14)7-18-13-5-4-10(15)6-12(13)9(2)16/h4-6,8-9H,3,7,16H2,1-2H3/t9-/m0/s1. The zero-order valence-corrected chi connectivity index (χ0v) is 13.4. The fourth-order valence-electron chi connectivity index (χ4n) is 1.74. The fraction of sp³-hybridized carbons (Fsp3) is 0.357. The van der Waals surface area contributed by atoms with E-state index >= 15 is 0 Å². The molecule has 5 heteroatoms. The first-order valence-electron chi connectivity index (χ1n) is 6.21. The van der Waals surface area contributed by atoms with Crippen molar-refractivity contribution in [1.82, 2.24) is 4.98 Å². The molecule has 0 aliphatic rings. The Kier molecular flexibility index (Phi) is 4.96. The normalized spacial score (nSPS) is 12.4. The van der Waals surface area contributed by atoms with Crippen LogP contribution in [0.5, 0.6) is 5.75 Å². The average Bonchev–Trinajstić information content (AvgIpc) is 2.85. The number of aromatic nitrogens is 1. The van der Waals surface area contributed by atoms with Crippen molar-refractivity contribution in [1.29, 1.82) is 0 Å². The first kappa shape index (κ1) is 14.5. The van der Waals surface area contributed by atoms with Gasteiger partial charge < -0.3 is 10.5 Å². The minimum atomic E-state index is -0.0610. The number of thiazole rings is 1. The second-order valence-electron chi connectivity index (χ2n) is 4.35. The van der Waals surface area contributed by atoms with Crippen LogP contribution in [0.15, 0.2) is 28.1 Å². The van der Waals surface area contributed by atoms with Crippen LogP contribution in [0, 0.1) is 0 Å². The lowest BCUT2D eigenvalue weighted by molar-refractivity contribution is 0.297. The lowest BCUT2D eigenvalue weighted by atomic mass is 10.1. The van der Waals surface area contributed by atoms with Gasteiger partial charge in [0.15, 0.2) is 0 Å². The molecule has 0 radical (unpaired) electrons. The Balaban J connectivity index is 2.10. The molecule has 0 bridgehead atoms. The number of rotatable bonds is 5. The van der Waals surface area contributed by atoms with E-state index in [4.69, 9.17) is 10.5 Å². The fourth-order valence-corrected chi connectivity index (χ4v) is 2.84. The van der Waals surface area contributed by atoms with Crippen LogP contribution in [0.4, 0.5) is 0 Å². The maximum atomic E-state index is 5.96. The molecule has 0 saturated heterocycles. The number of ether oxygens (including phenoxy) is 1. The van der Waals surface area contributed by atoms with Crippen LogP contribution in [-0.4, -0.2) is 4.98 Å². The van der Waals surface area contributed by atoms with Gasteiger partial charge in [-0.25, -0.2) is 4.98 Å². The summed E-state index contributed by atoms with van der Waals surface area (Å²) in [6.45, 7) is 4.54. The Labute approximate surface area is 125 Å². The number of benzene rings is 1. The minimum Gasteiger partial charge on any atom is -0.487 e. The van der Waals surface area contributed by atoms with Crippen molar-refractivity contribution in [3.63, 3.8) is 0 Å². The van der Waals surface area contributed by atoms with E-state index in [1.807, 2.05) is 30.5 Å². The predicted octanol–water partition coefficient (Wildman–Crippen LogP) is 4.07. The van der Waals surface area contributed by atoms with Gasteiger partial charge in [-0.3, -0.25) is 0 Å². The second kappa shape index (κ2) is 6.50. The zero-order chi connectivity index (χ0) is 13.8. The highest BCUT2D eigenvalue weighted by molar-refractivity contribution is 9.10. The van der Waals surface area contributed by atoms with Gasteiger partial charge in [-0.2, -0.15) is 0 Å². The van der Waals surface area contributed by atoms with Crippen molar-refractivity contribution in [2.75, 3.05) is 0 Å². The van der Waals surface area contributed by atoms with E-state index in [1.54, 1.807) is 11.3 Å². The second-order valence-corrected chi connectivity index (χ2v) is 6.20. The van der Waals surface area contributed by atoms with Crippen LogP contribution in [0.2, 0.25) is 0 Å². The summed E-state index contributed by atoms with van der Waals surface area (Å²) in [4.78, 5) is 4.49. The molecule has 102 valence electrons. The van der Waals surface area contributed by atoms with Crippen LogP contribution in [0.1, 0.15) is 36.2 Å². The number of aryl methyl sites for hydroxylation is 1. The Hall–Kier alpha value is -0.910. The largest absolute Gasteiger partial charge is 0.487 e. The van der Waals surface area contributed by atoms with Gasteiger partial charge in [0.2, 0.25) is 0 Å². The molecule has 19 heavy (non-hydrogen) atoms. The summed E-state index contributed by atoms with van der Waals surface area (Å²) in [5.41, 5.74) is 7.94.